The van der Waals surface area contributed by atoms with Gasteiger partial charge in [0, 0.05) is 0 Å². The molecule has 192 valence electrons. The van der Waals surface area contributed by atoms with E-state index in [9.17, 15) is 0 Å². The molecule has 4 rings (SSSR count). The number of benzene rings is 1. The maximum absolute atomic E-state index is 2.59. The SMILES string of the molecule is CCCCCCCc1ccc2c(c1)CCC(C1CCC3C[C@H](CCCCCCC)CC[C@@H]3C1)C2. The summed E-state index contributed by atoms with van der Waals surface area (Å²) >= 11 is 0. The van der Waals surface area contributed by atoms with Gasteiger partial charge in [-0.1, -0.05) is 103 Å². The Bertz CT molecular complexity index is 702. The van der Waals surface area contributed by atoms with Crippen LogP contribution in [-0.4, -0.2) is 0 Å². The van der Waals surface area contributed by atoms with Gasteiger partial charge >= 0.3 is 0 Å². The van der Waals surface area contributed by atoms with Crippen molar-refractivity contribution < 1.29 is 0 Å². The largest absolute Gasteiger partial charge is 0.0654 e. The van der Waals surface area contributed by atoms with E-state index in [1.807, 2.05) is 0 Å². The molecule has 1 aromatic rings. The molecule has 0 N–H and O–H groups in total. The number of aryl methyl sites for hydroxylation is 2. The summed E-state index contributed by atoms with van der Waals surface area (Å²) in [6.45, 7) is 4.64. The molecular weight excluding hydrogens is 408 g/mol. The first-order valence-electron chi connectivity index (χ1n) is 15.9. The quantitative estimate of drug-likeness (QED) is 0.255. The van der Waals surface area contributed by atoms with Crippen molar-refractivity contribution in [3.63, 3.8) is 0 Å². The third kappa shape index (κ3) is 7.61. The van der Waals surface area contributed by atoms with Crippen LogP contribution in [0.15, 0.2) is 18.2 Å². The van der Waals surface area contributed by atoms with Gasteiger partial charge in [-0.05, 0) is 110 Å². The Morgan fingerprint density at radius 2 is 1.29 bits per heavy atom. The molecule has 2 fully saturated rings. The molecule has 0 heteroatoms. The molecule has 0 amide bonds. The highest BCUT2D eigenvalue weighted by atomic mass is 14.4. The van der Waals surface area contributed by atoms with Gasteiger partial charge in [0.25, 0.3) is 0 Å². The predicted molar refractivity (Wildman–Crippen MR) is 149 cm³/mol. The van der Waals surface area contributed by atoms with Crippen molar-refractivity contribution in [3.8, 4) is 0 Å². The molecule has 3 aliphatic carbocycles. The molecule has 0 nitrogen and oxygen atoms in total. The highest BCUT2D eigenvalue weighted by molar-refractivity contribution is 5.34. The second kappa shape index (κ2) is 14.1. The van der Waals surface area contributed by atoms with E-state index in [2.05, 4.69) is 32.0 Å². The van der Waals surface area contributed by atoms with Crippen LogP contribution in [-0.2, 0) is 19.3 Å². The lowest BCUT2D eigenvalue weighted by Crippen LogP contribution is -2.35. The molecule has 0 radical (unpaired) electrons. The van der Waals surface area contributed by atoms with Gasteiger partial charge in [-0.3, -0.25) is 0 Å². The number of hydrogen-bond acceptors (Lipinski definition) is 0. The molecule has 2 saturated carbocycles. The Kier molecular flexibility index (Phi) is 10.9. The summed E-state index contributed by atoms with van der Waals surface area (Å²) in [5.41, 5.74) is 5.02. The number of hydrogen-bond donors (Lipinski definition) is 0. The Hall–Kier alpha value is -0.780. The minimum Gasteiger partial charge on any atom is -0.0654 e. The molecule has 5 atom stereocenters. The normalized spacial score (nSPS) is 28.9. The van der Waals surface area contributed by atoms with Crippen LogP contribution in [0.1, 0.15) is 146 Å². The minimum absolute atomic E-state index is 0.977. The molecule has 34 heavy (non-hydrogen) atoms. The van der Waals surface area contributed by atoms with Gasteiger partial charge in [-0.2, -0.15) is 0 Å². The third-order valence-electron chi connectivity index (χ3n) is 10.3. The van der Waals surface area contributed by atoms with Crippen molar-refractivity contribution in [2.45, 2.75) is 149 Å². The monoisotopic (exact) mass is 464 g/mol. The highest BCUT2D eigenvalue weighted by Crippen LogP contribution is 2.49. The van der Waals surface area contributed by atoms with Crippen molar-refractivity contribution >= 4 is 0 Å². The molecule has 3 unspecified atom stereocenters. The lowest BCUT2D eigenvalue weighted by molar-refractivity contribution is 0.0690. The third-order valence-corrected chi connectivity index (χ3v) is 10.3. The second-order valence-corrected chi connectivity index (χ2v) is 12.7. The van der Waals surface area contributed by atoms with E-state index in [0.717, 1.165) is 29.6 Å². The van der Waals surface area contributed by atoms with Gasteiger partial charge in [0.05, 0.1) is 0 Å². The van der Waals surface area contributed by atoms with Crippen molar-refractivity contribution in [2.75, 3.05) is 0 Å². The molecule has 0 saturated heterocycles. The van der Waals surface area contributed by atoms with Gasteiger partial charge in [0.1, 0.15) is 0 Å². The summed E-state index contributed by atoms with van der Waals surface area (Å²) in [5.74, 6) is 5.23. The molecule has 0 spiro atoms. The first-order valence-corrected chi connectivity index (χ1v) is 15.9. The molecule has 0 aromatic heterocycles. The number of rotatable bonds is 13. The minimum atomic E-state index is 0.977. The summed E-state index contributed by atoms with van der Waals surface area (Å²) < 4.78 is 0. The topological polar surface area (TPSA) is 0 Å². The van der Waals surface area contributed by atoms with E-state index in [4.69, 9.17) is 0 Å². The van der Waals surface area contributed by atoms with Crippen LogP contribution < -0.4 is 0 Å². The van der Waals surface area contributed by atoms with E-state index in [-0.39, 0.29) is 0 Å². The van der Waals surface area contributed by atoms with Gasteiger partial charge in [0.2, 0.25) is 0 Å². The Balaban J connectivity index is 1.19. The van der Waals surface area contributed by atoms with E-state index in [1.165, 1.54) is 96.3 Å². The maximum Gasteiger partial charge on any atom is -0.0245 e. The summed E-state index contributed by atoms with van der Waals surface area (Å²) in [6, 6.07) is 7.59. The van der Waals surface area contributed by atoms with Crippen LogP contribution in [0.5, 0.6) is 0 Å². The number of unbranched alkanes of at least 4 members (excludes halogenated alkanes) is 8. The van der Waals surface area contributed by atoms with Crippen LogP contribution in [0.4, 0.5) is 0 Å². The summed E-state index contributed by atoms with van der Waals surface area (Å²) in [6.07, 6.45) is 30.7. The van der Waals surface area contributed by atoms with E-state index >= 15 is 0 Å². The lowest BCUT2D eigenvalue weighted by atomic mass is 9.61. The van der Waals surface area contributed by atoms with Crippen molar-refractivity contribution in [2.24, 2.45) is 29.6 Å². The fourth-order valence-corrected chi connectivity index (χ4v) is 8.08. The standard InChI is InChI=1S/C34H56/c1-3-5-7-9-11-13-27-15-17-31-25-33(21-19-29(31)23-27)34-22-20-30-24-28(16-18-32(30)26-34)14-12-10-8-6-4-2/h15,17,23,28,30,32-34H,3-14,16,18-22,24-26H2,1-2H3/t28-,30?,32-,33?,34?/m1/s1. The predicted octanol–water partition coefficient (Wildman–Crippen LogP) is 10.5. The zero-order valence-corrected chi connectivity index (χ0v) is 23.0. The van der Waals surface area contributed by atoms with Crippen LogP contribution >= 0.6 is 0 Å². The molecule has 1 aromatic carbocycles. The summed E-state index contributed by atoms with van der Waals surface area (Å²) in [7, 11) is 0. The van der Waals surface area contributed by atoms with Crippen LogP contribution in [0.3, 0.4) is 0 Å². The van der Waals surface area contributed by atoms with E-state index in [0.29, 0.717) is 0 Å². The van der Waals surface area contributed by atoms with E-state index in [1.54, 1.807) is 55.2 Å². The first kappa shape index (κ1) is 26.3. The fraction of sp³-hybridized carbons (Fsp3) is 0.824. The maximum atomic E-state index is 2.59. The molecule has 0 bridgehead atoms. The molecule has 0 heterocycles. The summed E-state index contributed by atoms with van der Waals surface area (Å²) in [4.78, 5) is 0. The molecule has 0 aliphatic heterocycles. The second-order valence-electron chi connectivity index (χ2n) is 12.7. The lowest BCUT2D eigenvalue weighted by Gasteiger charge is -2.45. The Morgan fingerprint density at radius 1 is 0.618 bits per heavy atom. The van der Waals surface area contributed by atoms with Gasteiger partial charge < -0.3 is 0 Å². The average Bonchev–Trinajstić information content (AvgIpc) is 2.87. The first-order chi connectivity index (χ1) is 16.8. The zero-order valence-electron chi connectivity index (χ0n) is 23.0. The average molecular weight is 465 g/mol. The van der Waals surface area contributed by atoms with Crippen LogP contribution in [0.25, 0.3) is 0 Å². The van der Waals surface area contributed by atoms with Crippen molar-refractivity contribution in [1.82, 2.24) is 0 Å². The van der Waals surface area contributed by atoms with Crippen LogP contribution in [0, 0.1) is 29.6 Å². The van der Waals surface area contributed by atoms with Crippen molar-refractivity contribution in [1.29, 1.82) is 0 Å². The molecule has 3 aliphatic rings. The Morgan fingerprint density at radius 3 is 2.09 bits per heavy atom. The van der Waals surface area contributed by atoms with Crippen LogP contribution in [0.2, 0.25) is 0 Å². The molecular formula is C34H56. The van der Waals surface area contributed by atoms with Gasteiger partial charge in [0.15, 0.2) is 0 Å². The summed E-state index contributed by atoms with van der Waals surface area (Å²) in [5, 5.41) is 0. The van der Waals surface area contributed by atoms with Crippen molar-refractivity contribution in [3.05, 3.63) is 34.9 Å². The Labute approximate surface area is 213 Å². The number of fused-ring (bicyclic) bond motifs is 2. The smallest absolute Gasteiger partial charge is 0.0245 e. The fourth-order valence-electron chi connectivity index (χ4n) is 8.08. The zero-order chi connectivity index (χ0) is 23.6. The van der Waals surface area contributed by atoms with E-state index < -0.39 is 0 Å². The van der Waals surface area contributed by atoms with Gasteiger partial charge in [-0.25, -0.2) is 0 Å². The highest BCUT2D eigenvalue weighted by Gasteiger charge is 2.38. The van der Waals surface area contributed by atoms with Gasteiger partial charge in [-0.15, -0.1) is 0 Å².